The molecule has 0 saturated carbocycles. The normalized spacial score (nSPS) is 10.8. The fourth-order valence-electron chi connectivity index (χ4n) is 3.21. The maximum absolute atomic E-state index is 12.7. The molecule has 0 atom stereocenters. The van der Waals surface area contributed by atoms with E-state index in [1.807, 2.05) is 66.7 Å². The van der Waals surface area contributed by atoms with E-state index in [0.717, 1.165) is 22.6 Å². The van der Waals surface area contributed by atoms with Crippen molar-refractivity contribution in [3.05, 3.63) is 83.3 Å². The first-order valence-corrected chi connectivity index (χ1v) is 9.16. The van der Waals surface area contributed by atoms with Gasteiger partial charge in [-0.2, -0.15) is 0 Å². The Kier molecular flexibility index (Phi) is 4.91. The largest absolute Gasteiger partial charge is 0.497 e. The minimum atomic E-state index is -0.554. The average molecular weight is 388 g/mol. The Morgan fingerprint density at radius 3 is 2.38 bits per heavy atom. The van der Waals surface area contributed by atoms with E-state index in [2.05, 4.69) is 0 Å². The summed E-state index contributed by atoms with van der Waals surface area (Å²) in [5.74, 6) is 0.00198. The number of hydrogen-bond acceptors (Lipinski definition) is 4. The number of amides is 1. The van der Waals surface area contributed by atoms with Crippen molar-refractivity contribution in [1.29, 1.82) is 0 Å². The number of anilines is 1. The van der Waals surface area contributed by atoms with Gasteiger partial charge in [-0.1, -0.05) is 36.4 Å². The first-order valence-electron chi connectivity index (χ1n) is 9.16. The topological polar surface area (TPSA) is 64.7 Å². The molecular weight excluding hydrogens is 368 g/mol. The molecule has 0 bridgehead atoms. The summed E-state index contributed by atoms with van der Waals surface area (Å²) in [6.45, 7) is -0.108. The molecule has 6 nitrogen and oxygen atoms in total. The van der Waals surface area contributed by atoms with Crippen LogP contribution in [0.4, 0.5) is 5.69 Å². The van der Waals surface area contributed by atoms with Gasteiger partial charge in [0.05, 0.1) is 12.6 Å². The average Bonchev–Trinajstić information content (AvgIpc) is 3.08. The molecule has 4 rings (SSSR count). The zero-order valence-corrected chi connectivity index (χ0v) is 16.2. The summed E-state index contributed by atoms with van der Waals surface area (Å²) in [7, 11) is 3.31. The van der Waals surface area contributed by atoms with Gasteiger partial charge in [-0.25, -0.2) is 4.79 Å². The van der Waals surface area contributed by atoms with Crippen LogP contribution in [-0.2, 0) is 11.3 Å². The smallest absolute Gasteiger partial charge is 0.420 e. The minimum Gasteiger partial charge on any atom is -0.497 e. The van der Waals surface area contributed by atoms with Gasteiger partial charge in [0.2, 0.25) is 5.91 Å². The van der Waals surface area contributed by atoms with Gasteiger partial charge in [0.25, 0.3) is 0 Å². The van der Waals surface area contributed by atoms with E-state index in [-0.39, 0.29) is 12.5 Å². The van der Waals surface area contributed by atoms with Crippen LogP contribution in [0.15, 0.2) is 82.0 Å². The van der Waals surface area contributed by atoms with Crippen molar-refractivity contribution in [2.75, 3.05) is 19.1 Å². The standard InChI is InChI=1S/C23H20N2O4/c1-24(18-6-4-3-5-7-18)22(26)15-25-20-14-17(10-13-21(20)29-23(25)27)16-8-11-19(28-2)12-9-16/h3-14H,15H2,1-2H3. The van der Waals surface area contributed by atoms with E-state index in [0.29, 0.717) is 11.1 Å². The van der Waals surface area contributed by atoms with Crippen LogP contribution in [0.25, 0.3) is 22.2 Å². The number of ether oxygens (including phenoxy) is 1. The highest BCUT2D eigenvalue weighted by atomic mass is 16.5. The number of likely N-dealkylation sites (N-methyl/N-ethyl adjacent to an activating group) is 1. The first kappa shape index (κ1) is 18.6. The molecule has 0 radical (unpaired) electrons. The Morgan fingerprint density at radius 1 is 1.00 bits per heavy atom. The Morgan fingerprint density at radius 2 is 1.69 bits per heavy atom. The molecule has 0 spiro atoms. The van der Waals surface area contributed by atoms with Gasteiger partial charge in [-0.15, -0.1) is 0 Å². The highest BCUT2D eigenvalue weighted by Gasteiger charge is 2.17. The molecule has 1 aromatic heterocycles. The molecule has 0 saturated heterocycles. The van der Waals surface area contributed by atoms with Crippen LogP contribution in [0.1, 0.15) is 0 Å². The Hall–Kier alpha value is -3.80. The number of rotatable bonds is 5. The zero-order valence-electron chi connectivity index (χ0n) is 16.2. The number of fused-ring (bicyclic) bond motifs is 1. The maximum atomic E-state index is 12.7. The lowest BCUT2D eigenvalue weighted by Crippen LogP contribution is -2.32. The molecule has 4 aromatic rings. The lowest BCUT2D eigenvalue weighted by molar-refractivity contribution is -0.118. The van der Waals surface area contributed by atoms with Gasteiger partial charge < -0.3 is 14.1 Å². The Labute approximate surface area is 167 Å². The predicted octanol–water partition coefficient (Wildman–Crippen LogP) is 3.93. The molecule has 29 heavy (non-hydrogen) atoms. The quantitative estimate of drug-likeness (QED) is 0.520. The number of nitrogens with zero attached hydrogens (tertiary/aromatic N) is 2. The third-order valence-corrected chi connectivity index (χ3v) is 4.90. The van der Waals surface area contributed by atoms with Crippen molar-refractivity contribution in [2.45, 2.75) is 6.54 Å². The first-order chi connectivity index (χ1) is 14.1. The van der Waals surface area contributed by atoms with Crippen molar-refractivity contribution in [2.24, 2.45) is 0 Å². The number of benzene rings is 3. The van der Waals surface area contributed by atoms with Crippen LogP contribution in [-0.4, -0.2) is 24.6 Å². The Balaban J connectivity index is 1.68. The number of carbonyl (C=O) groups excluding carboxylic acids is 1. The van der Waals surface area contributed by atoms with E-state index < -0.39 is 5.76 Å². The third kappa shape index (κ3) is 3.65. The van der Waals surface area contributed by atoms with Gasteiger partial charge in [0.15, 0.2) is 5.58 Å². The van der Waals surface area contributed by atoms with Crippen molar-refractivity contribution >= 4 is 22.7 Å². The van der Waals surface area contributed by atoms with Crippen LogP contribution < -0.4 is 15.4 Å². The number of para-hydroxylation sites is 1. The van der Waals surface area contributed by atoms with Crippen molar-refractivity contribution in [3.8, 4) is 16.9 Å². The molecule has 0 N–H and O–H groups in total. The van der Waals surface area contributed by atoms with E-state index >= 15 is 0 Å². The Bertz CT molecular complexity index is 1210. The second-order valence-corrected chi connectivity index (χ2v) is 6.65. The van der Waals surface area contributed by atoms with Crippen LogP contribution >= 0.6 is 0 Å². The highest BCUT2D eigenvalue weighted by molar-refractivity contribution is 5.93. The number of aromatic nitrogens is 1. The summed E-state index contributed by atoms with van der Waals surface area (Å²) in [5, 5.41) is 0. The van der Waals surface area contributed by atoms with Gasteiger partial charge in [-0.05, 0) is 47.5 Å². The second-order valence-electron chi connectivity index (χ2n) is 6.65. The minimum absolute atomic E-state index is 0.108. The number of carbonyl (C=O) groups is 1. The molecule has 6 heteroatoms. The van der Waals surface area contributed by atoms with E-state index in [9.17, 15) is 9.59 Å². The maximum Gasteiger partial charge on any atom is 0.420 e. The molecule has 146 valence electrons. The highest BCUT2D eigenvalue weighted by Crippen LogP contribution is 2.26. The molecule has 0 aliphatic heterocycles. The fraction of sp³-hybridized carbons (Fsp3) is 0.130. The molecule has 0 aliphatic rings. The SMILES string of the molecule is COc1ccc(-c2ccc3oc(=O)n(CC(=O)N(C)c4ccccc4)c3c2)cc1. The van der Waals surface area contributed by atoms with Gasteiger partial charge in [0.1, 0.15) is 12.3 Å². The molecule has 1 heterocycles. The summed E-state index contributed by atoms with van der Waals surface area (Å²) >= 11 is 0. The molecular formula is C23H20N2O4. The summed E-state index contributed by atoms with van der Waals surface area (Å²) in [6.07, 6.45) is 0. The van der Waals surface area contributed by atoms with Gasteiger partial charge in [-0.3, -0.25) is 9.36 Å². The number of methoxy groups -OCH3 is 1. The van der Waals surface area contributed by atoms with E-state index in [1.165, 1.54) is 9.47 Å². The fourth-order valence-corrected chi connectivity index (χ4v) is 3.21. The zero-order chi connectivity index (χ0) is 20.4. The van der Waals surface area contributed by atoms with Gasteiger partial charge >= 0.3 is 5.76 Å². The van der Waals surface area contributed by atoms with Crippen LogP contribution in [0, 0.1) is 0 Å². The molecule has 3 aromatic carbocycles. The predicted molar refractivity (Wildman–Crippen MR) is 112 cm³/mol. The second kappa shape index (κ2) is 7.67. The monoisotopic (exact) mass is 388 g/mol. The number of hydrogen-bond donors (Lipinski definition) is 0. The molecule has 0 fully saturated rings. The van der Waals surface area contributed by atoms with Crippen molar-refractivity contribution < 1.29 is 13.9 Å². The lowest BCUT2D eigenvalue weighted by Gasteiger charge is -2.17. The summed E-state index contributed by atoms with van der Waals surface area (Å²) < 4.78 is 11.9. The molecule has 0 unspecified atom stereocenters. The van der Waals surface area contributed by atoms with E-state index in [4.69, 9.17) is 9.15 Å². The third-order valence-electron chi connectivity index (χ3n) is 4.90. The summed E-state index contributed by atoms with van der Waals surface area (Å²) in [6, 6.07) is 22.4. The van der Waals surface area contributed by atoms with Crippen molar-refractivity contribution in [3.63, 3.8) is 0 Å². The van der Waals surface area contributed by atoms with Crippen molar-refractivity contribution in [1.82, 2.24) is 4.57 Å². The molecule has 0 aliphatic carbocycles. The molecule has 1 amide bonds. The van der Waals surface area contributed by atoms with Crippen LogP contribution in [0.5, 0.6) is 5.75 Å². The van der Waals surface area contributed by atoms with E-state index in [1.54, 1.807) is 20.2 Å². The summed E-state index contributed by atoms with van der Waals surface area (Å²) in [5.41, 5.74) is 3.68. The van der Waals surface area contributed by atoms with Crippen LogP contribution in [0.3, 0.4) is 0 Å². The number of oxazole rings is 1. The lowest BCUT2D eigenvalue weighted by atomic mass is 10.1. The summed E-state index contributed by atoms with van der Waals surface area (Å²) in [4.78, 5) is 26.6. The van der Waals surface area contributed by atoms with Gasteiger partial charge in [0, 0.05) is 12.7 Å². The van der Waals surface area contributed by atoms with Crippen LogP contribution in [0.2, 0.25) is 0 Å².